The molecule has 0 radical (unpaired) electrons. The van der Waals surface area contributed by atoms with Gasteiger partial charge in [-0.1, -0.05) is 6.07 Å². The number of nitrogens with zero attached hydrogens (tertiary/aromatic N) is 3. The van der Waals surface area contributed by atoms with Gasteiger partial charge in [0.25, 0.3) is 0 Å². The molecule has 0 spiro atoms. The molecule has 1 unspecified atom stereocenters. The molecule has 1 N–H and O–H groups in total. The zero-order chi connectivity index (χ0) is 15.5. The van der Waals surface area contributed by atoms with Gasteiger partial charge in [-0.25, -0.2) is 18.7 Å². The molecule has 0 bridgehead atoms. The maximum Gasteiger partial charge on any atom is 0.159 e. The van der Waals surface area contributed by atoms with Gasteiger partial charge in [0.1, 0.15) is 12.1 Å². The van der Waals surface area contributed by atoms with E-state index in [0.29, 0.717) is 12.6 Å². The highest BCUT2D eigenvalue weighted by Gasteiger charge is 2.22. The molecule has 22 heavy (non-hydrogen) atoms. The molecule has 1 saturated heterocycles. The van der Waals surface area contributed by atoms with Crippen molar-refractivity contribution >= 4 is 5.82 Å². The van der Waals surface area contributed by atoms with Crippen molar-refractivity contribution in [2.45, 2.75) is 25.9 Å². The van der Waals surface area contributed by atoms with Crippen molar-refractivity contribution < 1.29 is 8.78 Å². The Kier molecular flexibility index (Phi) is 4.29. The first-order chi connectivity index (χ1) is 10.6. The summed E-state index contributed by atoms with van der Waals surface area (Å²) >= 11 is 0. The molecule has 2 heterocycles. The van der Waals surface area contributed by atoms with Gasteiger partial charge in [-0.15, -0.1) is 0 Å². The summed E-state index contributed by atoms with van der Waals surface area (Å²) in [6.07, 6.45) is 2.54. The molecule has 0 aliphatic carbocycles. The SMILES string of the molecule is Cc1cc(NC2CCN(Cc3ccc(F)c(F)c3)C2)ncn1. The van der Waals surface area contributed by atoms with Crippen molar-refractivity contribution in [2.24, 2.45) is 0 Å². The van der Waals surface area contributed by atoms with Crippen molar-refractivity contribution in [3.8, 4) is 0 Å². The second-order valence-electron chi connectivity index (χ2n) is 5.66. The molecule has 4 nitrogen and oxygen atoms in total. The topological polar surface area (TPSA) is 41.0 Å². The predicted molar refractivity (Wildman–Crippen MR) is 80.4 cm³/mol. The van der Waals surface area contributed by atoms with Crippen molar-refractivity contribution in [3.05, 3.63) is 53.5 Å². The Hall–Kier alpha value is -2.08. The third kappa shape index (κ3) is 3.57. The van der Waals surface area contributed by atoms with Crippen molar-refractivity contribution in [1.82, 2.24) is 14.9 Å². The Morgan fingerprint density at radius 3 is 2.86 bits per heavy atom. The van der Waals surface area contributed by atoms with E-state index in [4.69, 9.17) is 0 Å². The van der Waals surface area contributed by atoms with E-state index in [1.807, 2.05) is 13.0 Å². The van der Waals surface area contributed by atoms with Crippen LogP contribution in [0.3, 0.4) is 0 Å². The summed E-state index contributed by atoms with van der Waals surface area (Å²) in [4.78, 5) is 10.5. The maximum atomic E-state index is 13.2. The third-order valence-corrected chi connectivity index (χ3v) is 3.82. The molecule has 1 aliphatic heterocycles. The van der Waals surface area contributed by atoms with Gasteiger partial charge in [-0.2, -0.15) is 0 Å². The lowest BCUT2D eigenvalue weighted by molar-refractivity contribution is 0.327. The smallest absolute Gasteiger partial charge is 0.159 e. The molecule has 1 atom stereocenters. The summed E-state index contributed by atoms with van der Waals surface area (Å²) in [5, 5.41) is 3.39. The summed E-state index contributed by atoms with van der Waals surface area (Å²) in [7, 11) is 0. The van der Waals surface area contributed by atoms with Crippen LogP contribution in [-0.4, -0.2) is 34.0 Å². The monoisotopic (exact) mass is 304 g/mol. The summed E-state index contributed by atoms with van der Waals surface area (Å²) < 4.78 is 26.2. The Bertz CT molecular complexity index is 662. The van der Waals surface area contributed by atoms with Crippen LogP contribution >= 0.6 is 0 Å². The van der Waals surface area contributed by atoms with Crippen LogP contribution in [-0.2, 0) is 6.54 Å². The first-order valence-corrected chi connectivity index (χ1v) is 7.31. The van der Waals surface area contributed by atoms with Gasteiger partial charge in [-0.3, -0.25) is 4.90 Å². The normalized spacial score (nSPS) is 18.6. The molecule has 3 rings (SSSR count). The highest BCUT2D eigenvalue weighted by molar-refractivity contribution is 5.36. The maximum absolute atomic E-state index is 13.2. The van der Waals surface area contributed by atoms with E-state index >= 15 is 0 Å². The van der Waals surface area contributed by atoms with E-state index in [0.717, 1.165) is 36.6 Å². The highest BCUT2D eigenvalue weighted by Crippen LogP contribution is 2.18. The predicted octanol–water partition coefficient (Wildman–Crippen LogP) is 2.75. The van der Waals surface area contributed by atoms with Gasteiger partial charge < -0.3 is 5.32 Å². The highest BCUT2D eigenvalue weighted by atomic mass is 19.2. The van der Waals surface area contributed by atoms with Crippen LogP contribution in [0, 0.1) is 18.6 Å². The zero-order valence-corrected chi connectivity index (χ0v) is 12.4. The lowest BCUT2D eigenvalue weighted by Crippen LogP contribution is -2.26. The van der Waals surface area contributed by atoms with E-state index in [9.17, 15) is 8.78 Å². The fourth-order valence-corrected chi connectivity index (χ4v) is 2.73. The number of aromatic nitrogens is 2. The van der Waals surface area contributed by atoms with Gasteiger partial charge in [0.05, 0.1) is 0 Å². The van der Waals surface area contributed by atoms with Crippen LogP contribution < -0.4 is 5.32 Å². The second kappa shape index (κ2) is 6.36. The molecule has 1 aliphatic rings. The minimum absolute atomic E-state index is 0.305. The van der Waals surface area contributed by atoms with E-state index in [-0.39, 0.29) is 0 Å². The fraction of sp³-hybridized carbons (Fsp3) is 0.375. The largest absolute Gasteiger partial charge is 0.366 e. The molecule has 6 heteroatoms. The average molecular weight is 304 g/mol. The zero-order valence-electron chi connectivity index (χ0n) is 12.4. The number of halogens is 2. The quantitative estimate of drug-likeness (QED) is 0.943. The van der Waals surface area contributed by atoms with Crippen LogP contribution in [0.25, 0.3) is 0 Å². The van der Waals surface area contributed by atoms with Crippen molar-refractivity contribution in [1.29, 1.82) is 0 Å². The molecule has 1 fully saturated rings. The number of hydrogen-bond donors (Lipinski definition) is 1. The van der Waals surface area contributed by atoms with E-state index in [2.05, 4.69) is 20.2 Å². The van der Waals surface area contributed by atoms with Gasteiger partial charge >= 0.3 is 0 Å². The standard InChI is InChI=1S/C16H18F2N4/c1-11-6-16(20-10-19-11)21-13-4-5-22(9-13)8-12-2-3-14(17)15(18)7-12/h2-3,6-7,10,13H,4-5,8-9H2,1H3,(H,19,20,21). The molecule has 1 aromatic carbocycles. The van der Waals surface area contributed by atoms with Crippen LogP contribution in [0.5, 0.6) is 0 Å². The lowest BCUT2D eigenvalue weighted by Gasteiger charge is -2.17. The first-order valence-electron chi connectivity index (χ1n) is 7.31. The lowest BCUT2D eigenvalue weighted by atomic mass is 10.2. The Morgan fingerprint density at radius 2 is 2.09 bits per heavy atom. The minimum Gasteiger partial charge on any atom is -0.366 e. The molecule has 0 saturated carbocycles. The van der Waals surface area contributed by atoms with Gasteiger partial charge in [0.2, 0.25) is 0 Å². The number of benzene rings is 1. The number of rotatable bonds is 4. The van der Waals surface area contributed by atoms with E-state index < -0.39 is 11.6 Å². The number of anilines is 1. The van der Waals surface area contributed by atoms with E-state index in [1.54, 1.807) is 12.4 Å². The Balaban J connectivity index is 1.57. The first kappa shape index (κ1) is 14.8. The summed E-state index contributed by atoms with van der Waals surface area (Å²) in [6, 6.07) is 6.30. The Morgan fingerprint density at radius 1 is 1.23 bits per heavy atom. The fourth-order valence-electron chi connectivity index (χ4n) is 2.73. The van der Waals surface area contributed by atoms with Crippen LogP contribution in [0.15, 0.2) is 30.6 Å². The summed E-state index contributed by atoms with van der Waals surface area (Å²) in [5.74, 6) is -0.765. The minimum atomic E-state index is -0.802. The average Bonchev–Trinajstić information content (AvgIpc) is 2.90. The second-order valence-corrected chi connectivity index (χ2v) is 5.66. The van der Waals surface area contributed by atoms with Crippen LogP contribution in [0.2, 0.25) is 0 Å². The number of hydrogen-bond acceptors (Lipinski definition) is 4. The molecular weight excluding hydrogens is 286 g/mol. The van der Waals surface area contributed by atoms with Crippen molar-refractivity contribution in [3.63, 3.8) is 0 Å². The molecule has 1 aromatic heterocycles. The van der Waals surface area contributed by atoms with Crippen LogP contribution in [0.4, 0.5) is 14.6 Å². The number of nitrogens with one attached hydrogen (secondary N) is 1. The van der Waals surface area contributed by atoms with Gasteiger partial charge in [0, 0.05) is 37.4 Å². The van der Waals surface area contributed by atoms with Crippen molar-refractivity contribution in [2.75, 3.05) is 18.4 Å². The Labute approximate surface area is 128 Å². The number of likely N-dealkylation sites (tertiary alicyclic amines) is 1. The number of aryl methyl sites for hydroxylation is 1. The molecule has 116 valence electrons. The molecule has 2 aromatic rings. The summed E-state index contributed by atoms with van der Waals surface area (Å²) in [5.41, 5.74) is 1.71. The van der Waals surface area contributed by atoms with Crippen LogP contribution in [0.1, 0.15) is 17.7 Å². The third-order valence-electron chi connectivity index (χ3n) is 3.82. The summed E-state index contributed by atoms with van der Waals surface area (Å²) in [6.45, 7) is 4.32. The van der Waals surface area contributed by atoms with Gasteiger partial charge in [-0.05, 0) is 31.0 Å². The molecule has 0 amide bonds. The molecular formula is C16H18F2N4. The van der Waals surface area contributed by atoms with Gasteiger partial charge in [0.15, 0.2) is 11.6 Å². The van der Waals surface area contributed by atoms with E-state index in [1.165, 1.54) is 12.1 Å².